The molecule has 4 nitrogen and oxygen atoms in total. The zero-order valence-corrected chi connectivity index (χ0v) is 8.27. The van der Waals surface area contributed by atoms with Crippen LogP contribution in [0.4, 0.5) is 0 Å². The Bertz CT molecular complexity index is 199. The van der Waals surface area contributed by atoms with E-state index in [2.05, 4.69) is 4.72 Å². The van der Waals surface area contributed by atoms with Crippen LogP contribution in [0.3, 0.4) is 0 Å². The molecule has 0 spiro atoms. The fraction of sp³-hybridized carbons (Fsp3) is 1.00. The molecule has 0 aliphatic carbocycles. The second kappa shape index (κ2) is 4.04. The maximum atomic E-state index is 10.7. The molecule has 0 bridgehead atoms. The SMILES string of the molecule is CC(CN(C)C)NS(C)(=O)=O. The fourth-order valence-corrected chi connectivity index (χ4v) is 1.76. The number of hydrogen-bond acceptors (Lipinski definition) is 3. The van der Waals surface area contributed by atoms with Gasteiger partial charge >= 0.3 is 0 Å². The maximum Gasteiger partial charge on any atom is 0.208 e. The van der Waals surface area contributed by atoms with E-state index in [9.17, 15) is 8.42 Å². The van der Waals surface area contributed by atoms with Crippen LogP contribution in [-0.2, 0) is 10.0 Å². The molecule has 11 heavy (non-hydrogen) atoms. The van der Waals surface area contributed by atoms with E-state index in [0.717, 1.165) is 0 Å². The first-order chi connectivity index (χ1) is 4.81. The van der Waals surface area contributed by atoms with Gasteiger partial charge in [-0.15, -0.1) is 0 Å². The monoisotopic (exact) mass is 180 g/mol. The lowest BCUT2D eigenvalue weighted by molar-refractivity contribution is 0.370. The molecule has 1 atom stereocenters. The molecule has 0 amide bonds. The normalized spacial score (nSPS) is 15.4. The summed E-state index contributed by atoms with van der Waals surface area (Å²) in [5.41, 5.74) is 0. The zero-order chi connectivity index (χ0) is 9.07. The molecular formula is C6H16N2O2S. The van der Waals surface area contributed by atoms with Crippen molar-refractivity contribution in [3.05, 3.63) is 0 Å². The van der Waals surface area contributed by atoms with Crippen molar-refractivity contribution in [3.63, 3.8) is 0 Å². The first-order valence-corrected chi connectivity index (χ1v) is 5.32. The number of rotatable bonds is 4. The molecule has 0 rings (SSSR count). The second-order valence-corrected chi connectivity index (χ2v) is 4.83. The topological polar surface area (TPSA) is 49.4 Å². The van der Waals surface area contributed by atoms with Gasteiger partial charge in [-0.2, -0.15) is 0 Å². The molecule has 0 heterocycles. The highest BCUT2D eigenvalue weighted by molar-refractivity contribution is 7.88. The summed E-state index contributed by atoms with van der Waals surface area (Å²) in [6.45, 7) is 2.55. The summed E-state index contributed by atoms with van der Waals surface area (Å²) in [4.78, 5) is 1.93. The van der Waals surface area contributed by atoms with E-state index in [0.29, 0.717) is 6.54 Å². The fourth-order valence-electron chi connectivity index (χ4n) is 0.950. The highest BCUT2D eigenvalue weighted by atomic mass is 32.2. The highest BCUT2D eigenvalue weighted by Crippen LogP contribution is 1.87. The van der Waals surface area contributed by atoms with Gasteiger partial charge in [-0.3, -0.25) is 0 Å². The lowest BCUT2D eigenvalue weighted by atomic mass is 10.3. The summed E-state index contributed by atoms with van der Waals surface area (Å²) in [5.74, 6) is 0. The Balaban J connectivity index is 3.80. The molecular weight excluding hydrogens is 164 g/mol. The Kier molecular flexibility index (Phi) is 3.99. The average Bonchev–Trinajstić information content (AvgIpc) is 1.53. The molecule has 5 heteroatoms. The first-order valence-electron chi connectivity index (χ1n) is 3.43. The zero-order valence-electron chi connectivity index (χ0n) is 7.46. The van der Waals surface area contributed by atoms with Crippen LogP contribution in [0.15, 0.2) is 0 Å². The Morgan fingerprint density at radius 2 is 1.91 bits per heavy atom. The summed E-state index contributed by atoms with van der Waals surface area (Å²) >= 11 is 0. The van der Waals surface area contributed by atoms with Crippen LogP contribution in [0.2, 0.25) is 0 Å². The van der Waals surface area contributed by atoms with Crippen LogP contribution in [0.1, 0.15) is 6.92 Å². The van der Waals surface area contributed by atoms with Crippen LogP contribution in [0, 0.1) is 0 Å². The number of nitrogens with one attached hydrogen (secondary N) is 1. The van der Waals surface area contributed by atoms with Crippen LogP contribution in [0.25, 0.3) is 0 Å². The second-order valence-electron chi connectivity index (χ2n) is 3.05. The van der Waals surface area contributed by atoms with Crippen molar-refractivity contribution in [2.24, 2.45) is 0 Å². The van der Waals surface area contributed by atoms with E-state index in [1.807, 2.05) is 25.9 Å². The lowest BCUT2D eigenvalue weighted by Crippen LogP contribution is -2.38. The molecule has 0 aromatic carbocycles. The third-order valence-corrected chi connectivity index (χ3v) is 1.88. The number of nitrogens with zero attached hydrogens (tertiary/aromatic N) is 1. The molecule has 0 fully saturated rings. The van der Waals surface area contributed by atoms with Crippen molar-refractivity contribution in [2.75, 3.05) is 26.9 Å². The van der Waals surface area contributed by atoms with Crippen molar-refractivity contribution in [1.29, 1.82) is 0 Å². The van der Waals surface area contributed by atoms with Gasteiger partial charge in [0.1, 0.15) is 0 Å². The van der Waals surface area contributed by atoms with Gasteiger partial charge in [-0.25, -0.2) is 13.1 Å². The molecule has 0 aliphatic rings. The van der Waals surface area contributed by atoms with Crippen LogP contribution >= 0.6 is 0 Å². The van der Waals surface area contributed by atoms with E-state index in [4.69, 9.17) is 0 Å². The van der Waals surface area contributed by atoms with Gasteiger partial charge in [0.05, 0.1) is 6.26 Å². The van der Waals surface area contributed by atoms with Crippen LogP contribution in [0.5, 0.6) is 0 Å². The van der Waals surface area contributed by atoms with Crippen LogP contribution in [-0.4, -0.2) is 46.3 Å². The summed E-state index contributed by atoms with van der Waals surface area (Å²) in [5, 5.41) is 0. The van der Waals surface area contributed by atoms with Gasteiger partial charge in [-0.1, -0.05) is 0 Å². The smallest absolute Gasteiger partial charge is 0.208 e. The van der Waals surface area contributed by atoms with Crippen molar-refractivity contribution in [1.82, 2.24) is 9.62 Å². The predicted molar refractivity (Wildman–Crippen MR) is 46.0 cm³/mol. The largest absolute Gasteiger partial charge is 0.308 e. The summed E-state index contributed by atoms with van der Waals surface area (Å²) in [6.07, 6.45) is 1.17. The number of hydrogen-bond donors (Lipinski definition) is 1. The molecule has 0 radical (unpaired) electrons. The molecule has 1 unspecified atom stereocenters. The van der Waals surface area contributed by atoms with Gasteiger partial charge in [0.15, 0.2) is 0 Å². The van der Waals surface area contributed by atoms with Crippen molar-refractivity contribution in [3.8, 4) is 0 Å². The van der Waals surface area contributed by atoms with E-state index < -0.39 is 10.0 Å². The molecule has 0 saturated carbocycles. The molecule has 0 saturated heterocycles. The van der Waals surface area contributed by atoms with Gasteiger partial charge in [0.2, 0.25) is 10.0 Å². The van der Waals surface area contributed by atoms with Gasteiger partial charge in [-0.05, 0) is 21.0 Å². The predicted octanol–water partition coefficient (Wildman–Crippen LogP) is -0.514. The molecule has 0 aliphatic heterocycles. The van der Waals surface area contributed by atoms with Gasteiger partial charge < -0.3 is 4.90 Å². The van der Waals surface area contributed by atoms with E-state index >= 15 is 0 Å². The van der Waals surface area contributed by atoms with Crippen molar-refractivity contribution in [2.45, 2.75) is 13.0 Å². The Labute approximate surface area is 68.6 Å². The minimum absolute atomic E-state index is 0.0278. The summed E-state index contributed by atoms with van der Waals surface area (Å²) in [6, 6.07) is -0.0278. The summed E-state index contributed by atoms with van der Waals surface area (Å²) in [7, 11) is 0.761. The van der Waals surface area contributed by atoms with Crippen LogP contribution < -0.4 is 4.72 Å². The molecule has 1 N–H and O–H groups in total. The molecule has 68 valence electrons. The van der Waals surface area contributed by atoms with E-state index in [1.165, 1.54) is 6.26 Å². The van der Waals surface area contributed by atoms with Gasteiger partial charge in [0.25, 0.3) is 0 Å². The van der Waals surface area contributed by atoms with E-state index in [1.54, 1.807) is 0 Å². The van der Waals surface area contributed by atoms with E-state index in [-0.39, 0.29) is 6.04 Å². The lowest BCUT2D eigenvalue weighted by Gasteiger charge is -2.16. The van der Waals surface area contributed by atoms with Crippen molar-refractivity contribution < 1.29 is 8.42 Å². The first kappa shape index (κ1) is 10.9. The third kappa shape index (κ3) is 7.77. The maximum absolute atomic E-state index is 10.7. The van der Waals surface area contributed by atoms with Gasteiger partial charge in [0, 0.05) is 12.6 Å². The Hall–Kier alpha value is -0.130. The number of likely N-dealkylation sites (N-methyl/N-ethyl adjacent to an activating group) is 1. The minimum atomic E-state index is -3.05. The number of sulfonamides is 1. The Morgan fingerprint density at radius 3 is 2.18 bits per heavy atom. The molecule has 0 aromatic heterocycles. The molecule has 0 aromatic rings. The third-order valence-electron chi connectivity index (χ3n) is 1.05. The highest BCUT2D eigenvalue weighted by Gasteiger charge is 2.08. The quantitative estimate of drug-likeness (QED) is 0.633. The Morgan fingerprint density at radius 1 is 1.45 bits per heavy atom. The van der Waals surface area contributed by atoms with Crippen molar-refractivity contribution >= 4 is 10.0 Å². The minimum Gasteiger partial charge on any atom is -0.308 e. The standard InChI is InChI=1S/C6H16N2O2S/c1-6(5-8(2)3)7-11(4,9)10/h6-7H,5H2,1-4H3. The average molecular weight is 180 g/mol. The summed E-state index contributed by atoms with van der Waals surface area (Å²) < 4.78 is 23.9.